The highest BCUT2D eigenvalue weighted by Gasteiger charge is 2.19. The Hall–Kier alpha value is -1.64. The summed E-state index contributed by atoms with van der Waals surface area (Å²) in [5.74, 6) is -1.01. The number of nitrogens with one attached hydrogen (secondary N) is 1. The number of hydrogen-bond acceptors (Lipinski definition) is 5. The Morgan fingerprint density at radius 3 is 2.80 bits per heavy atom. The van der Waals surface area contributed by atoms with Crippen LogP contribution in [0.1, 0.15) is 4.88 Å². The fraction of sp³-hybridized carbons (Fsp3) is 0.0909. The number of carboxylic acid groups (broad SMARTS) is 1. The molecule has 6 nitrogen and oxygen atoms in total. The Kier molecular flexibility index (Phi) is 4.26. The van der Waals surface area contributed by atoms with Gasteiger partial charge in [-0.1, -0.05) is 11.6 Å². The maximum absolute atomic E-state index is 12.1. The van der Waals surface area contributed by atoms with Crippen molar-refractivity contribution in [2.75, 3.05) is 4.72 Å². The molecule has 0 radical (unpaired) electrons. The van der Waals surface area contributed by atoms with Crippen LogP contribution in [0.2, 0.25) is 5.02 Å². The van der Waals surface area contributed by atoms with Crippen molar-refractivity contribution in [2.45, 2.75) is 10.6 Å². The van der Waals surface area contributed by atoms with Gasteiger partial charge in [0.25, 0.3) is 10.0 Å². The molecule has 0 amide bonds. The van der Waals surface area contributed by atoms with Gasteiger partial charge < -0.3 is 5.11 Å². The largest absolute Gasteiger partial charge is 0.481 e. The van der Waals surface area contributed by atoms with Gasteiger partial charge in [-0.15, -0.1) is 11.3 Å². The average molecular weight is 333 g/mol. The van der Waals surface area contributed by atoms with Crippen LogP contribution in [0, 0.1) is 0 Å². The summed E-state index contributed by atoms with van der Waals surface area (Å²) in [6.45, 7) is 0. The lowest BCUT2D eigenvalue weighted by atomic mass is 10.3. The second-order valence-corrected chi connectivity index (χ2v) is 7.24. The normalized spacial score (nSPS) is 11.2. The van der Waals surface area contributed by atoms with Gasteiger partial charge in [-0.3, -0.25) is 14.5 Å². The molecule has 9 heteroatoms. The van der Waals surface area contributed by atoms with Crippen LogP contribution >= 0.6 is 22.9 Å². The van der Waals surface area contributed by atoms with Crippen LogP contribution in [0.4, 0.5) is 5.69 Å². The van der Waals surface area contributed by atoms with Crippen molar-refractivity contribution in [3.63, 3.8) is 0 Å². The van der Waals surface area contributed by atoms with E-state index in [1.807, 2.05) is 0 Å². The van der Waals surface area contributed by atoms with Crippen LogP contribution in [0.25, 0.3) is 0 Å². The zero-order valence-corrected chi connectivity index (χ0v) is 12.3. The number of pyridine rings is 1. The number of carboxylic acids is 1. The van der Waals surface area contributed by atoms with Crippen LogP contribution < -0.4 is 4.72 Å². The number of aromatic nitrogens is 1. The molecular weight excluding hydrogens is 324 g/mol. The minimum Gasteiger partial charge on any atom is -0.481 e. The predicted octanol–water partition coefficient (Wildman–Crippen LogP) is 2.22. The minimum atomic E-state index is -3.80. The van der Waals surface area contributed by atoms with Gasteiger partial charge in [0.05, 0.1) is 23.3 Å². The lowest BCUT2D eigenvalue weighted by molar-refractivity contribution is -0.136. The lowest BCUT2D eigenvalue weighted by Gasteiger charge is -2.06. The average Bonchev–Trinajstić information content (AvgIpc) is 2.80. The molecule has 0 atom stereocenters. The molecule has 2 heterocycles. The Balaban J connectivity index is 2.25. The predicted molar refractivity (Wildman–Crippen MR) is 75.7 cm³/mol. The summed E-state index contributed by atoms with van der Waals surface area (Å²) in [6.07, 6.45) is 2.52. The van der Waals surface area contributed by atoms with Crippen molar-refractivity contribution in [1.29, 1.82) is 0 Å². The Labute approximate surface area is 124 Å². The molecule has 2 aromatic rings. The highest BCUT2D eigenvalue weighted by atomic mass is 35.5. The van der Waals surface area contributed by atoms with Crippen molar-refractivity contribution in [2.24, 2.45) is 0 Å². The zero-order valence-electron chi connectivity index (χ0n) is 9.91. The maximum Gasteiger partial charge on any atom is 0.308 e. The van der Waals surface area contributed by atoms with E-state index in [1.165, 1.54) is 30.6 Å². The molecule has 0 aliphatic carbocycles. The quantitative estimate of drug-likeness (QED) is 0.875. The fourth-order valence-electron chi connectivity index (χ4n) is 1.39. The van der Waals surface area contributed by atoms with E-state index in [2.05, 4.69) is 9.71 Å². The number of rotatable bonds is 5. The second-order valence-electron chi connectivity index (χ2n) is 3.75. The van der Waals surface area contributed by atoms with Gasteiger partial charge in [0, 0.05) is 11.1 Å². The van der Waals surface area contributed by atoms with Gasteiger partial charge in [0.15, 0.2) is 0 Å². The molecule has 0 saturated heterocycles. The van der Waals surface area contributed by atoms with E-state index in [0.29, 0.717) is 4.88 Å². The van der Waals surface area contributed by atoms with Crippen LogP contribution in [0.15, 0.2) is 34.8 Å². The van der Waals surface area contributed by atoms with E-state index in [-0.39, 0.29) is 21.3 Å². The molecule has 0 saturated carbocycles. The number of hydrogen-bond donors (Lipinski definition) is 2. The molecule has 0 aliphatic rings. The molecular formula is C11H9ClN2O4S2. The monoisotopic (exact) mass is 332 g/mol. The SMILES string of the molecule is O=C(O)Cc1ccc(S(=O)(=O)Nc2cnccc2Cl)s1. The molecule has 0 aliphatic heterocycles. The van der Waals surface area contributed by atoms with E-state index >= 15 is 0 Å². The molecule has 2 aromatic heterocycles. The lowest BCUT2D eigenvalue weighted by Crippen LogP contribution is -2.11. The summed E-state index contributed by atoms with van der Waals surface area (Å²) in [5, 5.41) is 8.89. The first kappa shape index (κ1) is 14.8. The minimum absolute atomic E-state index is 0.0219. The van der Waals surface area contributed by atoms with E-state index < -0.39 is 16.0 Å². The number of sulfonamides is 1. The molecule has 0 unspecified atom stereocenters. The maximum atomic E-state index is 12.1. The van der Waals surface area contributed by atoms with Crippen molar-refractivity contribution >= 4 is 44.6 Å². The Bertz CT molecular complexity index is 742. The topological polar surface area (TPSA) is 96.4 Å². The third-order valence-electron chi connectivity index (χ3n) is 2.24. The molecule has 0 spiro atoms. The molecule has 0 bridgehead atoms. The standard InChI is InChI=1S/C11H9ClN2O4S2/c12-8-3-4-13-6-9(8)14-20(17,18)11-2-1-7(19-11)5-10(15)16/h1-4,6,14H,5H2,(H,15,16). The number of halogens is 1. The van der Waals surface area contributed by atoms with Crippen molar-refractivity contribution in [3.05, 3.63) is 40.5 Å². The second kappa shape index (κ2) is 5.78. The molecule has 0 fully saturated rings. The van der Waals surface area contributed by atoms with Crippen LogP contribution in [0.3, 0.4) is 0 Å². The number of anilines is 1. The van der Waals surface area contributed by atoms with Crippen LogP contribution in [-0.2, 0) is 21.2 Å². The van der Waals surface area contributed by atoms with Crippen LogP contribution in [0.5, 0.6) is 0 Å². The molecule has 2 rings (SSSR count). The first-order valence-electron chi connectivity index (χ1n) is 5.31. The molecule has 2 N–H and O–H groups in total. The molecule has 0 aromatic carbocycles. The third-order valence-corrected chi connectivity index (χ3v) is 5.51. The molecule has 106 valence electrons. The van der Waals surface area contributed by atoms with Gasteiger partial charge >= 0.3 is 5.97 Å². The Morgan fingerprint density at radius 1 is 1.40 bits per heavy atom. The van der Waals surface area contributed by atoms with E-state index in [1.54, 1.807) is 0 Å². The summed E-state index contributed by atoms with van der Waals surface area (Å²) in [6, 6.07) is 4.29. The van der Waals surface area contributed by atoms with Crippen molar-refractivity contribution in [1.82, 2.24) is 4.98 Å². The first-order chi connectivity index (χ1) is 9.38. The number of thiophene rings is 1. The zero-order chi connectivity index (χ0) is 14.8. The number of aliphatic carboxylic acids is 1. The van der Waals surface area contributed by atoms with Gasteiger partial charge in [-0.05, 0) is 18.2 Å². The smallest absolute Gasteiger partial charge is 0.308 e. The summed E-state index contributed by atoms with van der Waals surface area (Å²) in [4.78, 5) is 14.8. The van der Waals surface area contributed by atoms with Gasteiger partial charge in [-0.25, -0.2) is 8.42 Å². The molecule has 20 heavy (non-hydrogen) atoms. The summed E-state index contributed by atoms with van der Waals surface area (Å²) in [5.41, 5.74) is 0.169. The number of carbonyl (C=O) groups is 1. The van der Waals surface area contributed by atoms with Gasteiger partial charge in [0.2, 0.25) is 0 Å². The summed E-state index contributed by atoms with van der Waals surface area (Å²) < 4.78 is 26.6. The first-order valence-corrected chi connectivity index (χ1v) is 7.99. The number of nitrogens with zero attached hydrogens (tertiary/aromatic N) is 1. The van der Waals surface area contributed by atoms with Gasteiger partial charge in [-0.2, -0.15) is 0 Å². The fourth-order valence-corrected chi connectivity index (χ4v) is 4.01. The summed E-state index contributed by atoms with van der Waals surface area (Å²) >= 11 is 6.75. The van der Waals surface area contributed by atoms with E-state index in [9.17, 15) is 13.2 Å². The van der Waals surface area contributed by atoms with E-state index in [0.717, 1.165) is 11.3 Å². The van der Waals surface area contributed by atoms with Crippen LogP contribution in [-0.4, -0.2) is 24.5 Å². The third kappa shape index (κ3) is 3.47. The Morgan fingerprint density at radius 2 is 2.15 bits per heavy atom. The van der Waals surface area contributed by atoms with Gasteiger partial charge in [0.1, 0.15) is 4.21 Å². The highest BCUT2D eigenvalue weighted by molar-refractivity contribution is 7.94. The van der Waals surface area contributed by atoms with Crippen molar-refractivity contribution < 1.29 is 18.3 Å². The van der Waals surface area contributed by atoms with E-state index in [4.69, 9.17) is 16.7 Å². The summed E-state index contributed by atoms with van der Waals surface area (Å²) in [7, 11) is -3.80. The highest BCUT2D eigenvalue weighted by Crippen LogP contribution is 2.27. The van der Waals surface area contributed by atoms with Crippen molar-refractivity contribution in [3.8, 4) is 0 Å².